The average molecular weight is 404 g/mol. The molecule has 1 aromatic rings. The molecule has 1 amide bonds. The molecule has 3 N–H and O–H groups in total. The van der Waals surface area contributed by atoms with Gasteiger partial charge in [-0.05, 0) is 31.9 Å². The van der Waals surface area contributed by atoms with E-state index >= 15 is 0 Å². The first kappa shape index (κ1) is 22.7. The summed E-state index contributed by atoms with van der Waals surface area (Å²) in [7, 11) is -3.43. The van der Waals surface area contributed by atoms with Gasteiger partial charge in [0.2, 0.25) is 10.0 Å². The lowest BCUT2D eigenvalue weighted by atomic mass is 10.1. The highest BCUT2D eigenvalue weighted by Crippen LogP contribution is 2.19. The number of hydrogen-bond donors (Lipinski definition) is 3. The Morgan fingerprint density at radius 2 is 1.77 bits per heavy atom. The number of nitrogens with one attached hydrogen (secondary N) is 3. The molecule has 0 aromatic heterocycles. The van der Waals surface area contributed by atoms with Crippen molar-refractivity contribution in [2.45, 2.75) is 51.5 Å². The van der Waals surface area contributed by atoms with Gasteiger partial charge in [-0.15, -0.1) is 12.4 Å². The lowest BCUT2D eigenvalue weighted by molar-refractivity contribution is 0.0954. The maximum absolute atomic E-state index is 12.4. The molecular formula is C18H30ClN3O3S. The van der Waals surface area contributed by atoms with E-state index in [0.717, 1.165) is 18.4 Å². The first-order valence-corrected chi connectivity index (χ1v) is 10.8. The SMILES string of the molecule is Cc1ccc(NS(C)(=O)=O)c(C(=O)NCCNC2CCCCCC2)c1.Cl. The van der Waals surface area contributed by atoms with Gasteiger partial charge in [-0.3, -0.25) is 9.52 Å². The molecule has 0 saturated heterocycles. The summed E-state index contributed by atoms with van der Waals surface area (Å²) in [6.45, 7) is 3.10. The molecule has 0 radical (unpaired) electrons. The Morgan fingerprint density at radius 3 is 2.38 bits per heavy atom. The molecule has 26 heavy (non-hydrogen) atoms. The third-order valence-corrected chi connectivity index (χ3v) is 5.00. The minimum Gasteiger partial charge on any atom is -0.351 e. The molecule has 8 heteroatoms. The average Bonchev–Trinajstić information content (AvgIpc) is 2.80. The number of sulfonamides is 1. The molecule has 1 saturated carbocycles. The lowest BCUT2D eigenvalue weighted by Gasteiger charge is -2.17. The Labute approximate surface area is 163 Å². The fourth-order valence-electron chi connectivity index (χ4n) is 3.17. The molecular weight excluding hydrogens is 374 g/mol. The normalized spacial score (nSPS) is 15.6. The number of halogens is 1. The summed E-state index contributed by atoms with van der Waals surface area (Å²) < 4.78 is 25.3. The van der Waals surface area contributed by atoms with E-state index < -0.39 is 10.0 Å². The van der Waals surface area contributed by atoms with Crippen molar-refractivity contribution < 1.29 is 13.2 Å². The Bertz CT molecular complexity index is 687. The van der Waals surface area contributed by atoms with E-state index in [2.05, 4.69) is 15.4 Å². The lowest BCUT2D eigenvalue weighted by Crippen LogP contribution is -2.37. The predicted octanol–water partition coefficient (Wildman–Crippen LogP) is 2.83. The molecule has 0 heterocycles. The van der Waals surface area contributed by atoms with E-state index in [1.165, 1.54) is 38.5 Å². The first-order chi connectivity index (χ1) is 11.8. The molecule has 1 aromatic carbocycles. The second kappa shape index (κ2) is 10.7. The van der Waals surface area contributed by atoms with Gasteiger partial charge in [-0.2, -0.15) is 0 Å². The molecule has 0 unspecified atom stereocenters. The van der Waals surface area contributed by atoms with E-state index in [0.29, 0.717) is 23.8 Å². The van der Waals surface area contributed by atoms with Crippen molar-refractivity contribution in [2.24, 2.45) is 0 Å². The van der Waals surface area contributed by atoms with Gasteiger partial charge in [0.1, 0.15) is 0 Å². The molecule has 2 rings (SSSR count). The fourth-order valence-corrected chi connectivity index (χ4v) is 3.74. The van der Waals surface area contributed by atoms with Crippen molar-refractivity contribution >= 4 is 34.0 Å². The van der Waals surface area contributed by atoms with Crippen LogP contribution in [0.4, 0.5) is 5.69 Å². The number of anilines is 1. The Balaban J connectivity index is 0.00000338. The maximum Gasteiger partial charge on any atom is 0.253 e. The van der Waals surface area contributed by atoms with Crippen molar-refractivity contribution in [3.63, 3.8) is 0 Å². The van der Waals surface area contributed by atoms with Gasteiger partial charge in [0, 0.05) is 19.1 Å². The number of amides is 1. The number of hydrogen-bond acceptors (Lipinski definition) is 4. The first-order valence-electron chi connectivity index (χ1n) is 8.95. The van der Waals surface area contributed by atoms with E-state index in [1.807, 2.05) is 6.92 Å². The van der Waals surface area contributed by atoms with E-state index in [-0.39, 0.29) is 18.3 Å². The van der Waals surface area contributed by atoms with Gasteiger partial charge in [0.15, 0.2) is 0 Å². The highest BCUT2D eigenvalue weighted by molar-refractivity contribution is 7.92. The number of carbonyl (C=O) groups excluding carboxylic acids is 1. The van der Waals surface area contributed by atoms with Crippen LogP contribution < -0.4 is 15.4 Å². The summed E-state index contributed by atoms with van der Waals surface area (Å²) in [6, 6.07) is 5.63. The van der Waals surface area contributed by atoms with Crippen molar-refractivity contribution in [3.05, 3.63) is 29.3 Å². The zero-order chi connectivity index (χ0) is 18.3. The van der Waals surface area contributed by atoms with Crippen LogP contribution in [0.2, 0.25) is 0 Å². The largest absolute Gasteiger partial charge is 0.351 e. The van der Waals surface area contributed by atoms with Crippen molar-refractivity contribution in [2.75, 3.05) is 24.1 Å². The molecule has 1 aliphatic rings. The Kier molecular flexibility index (Phi) is 9.39. The summed E-state index contributed by atoms with van der Waals surface area (Å²) in [5, 5.41) is 6.38. The van der Waals surface area contributed by atoms with Crippen molar-refractivity contribution in [1.82, 2.24) is 10.6 Å². The van der Waals surface area contributed by atoms with Crippen LogP contribution in [0.5, 0.6) is 0 Å². The van der Waals surface area contributed by atoms with Crippen molar-refractivity contribution in [3.8, 4) is 0 Å². The second-order valence-electron chi connectivity index (χ2n) is 6.82. The number of aryl methyl sites for hydroxylation is 1. The van der Waals surface area contributed by atoms with Gasteiger partial charge in [-0.25, -0.2) is 8.42 Å². The molecule has 0 spiro atoms. The maximum atomic E-state index is 12.4. The Hall–Kier alpha value is -1.31. The zero-order valence-corrected chi connectivity index (χ0v) is 17.1. The standard InChI is InChI=1S/C18H29N3O3S.ClH/c1-14-9-10-17(21-25(2,23)24)16(13-14)18(22)20-12-11-19-15-7-5-3-4-6-8-15;/h9-10,13,15,19,21H,3-8,11-12H2,1-2H3,(H,20,22);1H. The van der Waals surface area contributed by atoms with Gasteiger partial charge < -0.3 is 10.6 Å². The van der Waals surface area contributed by atoms with Gasteiger partial charge >= 0.3 is 0 Å². The molecule has 0 aliphatic heterocycles. The quantitative estimate of drug-likeness (QED) is 0.482. The van der Waals surface area contributed by atoms with Crippen molar-refractivity contribution in [1.29, 1.82) is 0 Å². The molecule has 0 atom stereocenters. The van der Waals surface area contributed by atoms with Crippen LogP contribution in [0.3, 0.4) is 0 Å². The predicted molar refractivity (Wildman–Crippen MR) is 109 cm³/mol. The molecule has 0 bridgehead atoms. The van der Waals surface area contributed by atoms with Gasteiger partial charge in [0.25, 0.3) is 5.91 Å². The van der Waals surface area contributed by atoms with E-state index in [1.54, 1.807) is 18.2 Å². The monoisotopic (exact) mass is 403 g/mol. The topological polar surface area (TPSA) is 87.3 Å². The number of rotatable bonds is 7. The molecule has 1 aliphatic carbocycles. The van der Waals surface area contributed by atoms with Crippen LogP contribution in [-0.4, -0.2) is 39.7 Å². The van der Waals surface area contributed by atoms with E-state index in [4.69, 9.17) is 0 Å². The van der Waals surface area contributed by atoms with Crippen LogP contribution in [0, 0.1) is 6.92 Å². The third-order valence-electron chi connectivity index (χ3n) is 4.41. The summed E-state index contributed by atoms with van der Waals surface area (Å²) >= 11 is 0. The minimum absolute atomic E-state index is 0. The fraction of sp³-hybridized carbons (Fsp3) is 0.611. The van der Waals surface area contributed by atoms with Gasteiger partial charge in [0.05, 0.1) is 17.5 Å². The van der Waals surface area contributed by atoms with Crippen LogP contribution in [0.25, 0.3) is 0 Å². The highest BCUT2D eigenvalue weighted by atomic mass is 35.5. The third kappa shape index (κ3) is 7.93. The Morgan fingerprint density at radius 1 is 1.12 bits per heavy atom. The molecule has 148 valence electrons. The summed E-state index contributed by atoms with van der Waals surface area (Å²) in [5.41, 5.74) is 1.56. The highest BCUT2D eigenvalue weighted by Gasteiger charge is 2.15. The summed E-state index contributed by atoms with van der Waals surface area (Å²) in [4.78, 5) is 12.4. The molecule has 1 fully saturated rings. The number of benzene rings is 1. The van der Waals surface area contributed by atoms with Crippen LogP contribution in [-0.2, 0) is 10.0 Å². The number of carbonyl (C=O) groups is 1. The summed E-state index contributed by atoms with van der Waals surface area (Å²) in [5.74, 6) is -0.266. The van der Waals surface area contributed by atoms with Crippen LogP contribution in [0.15, 0.2) is 18.2 Å². The second-order valence-corrected chi connectivity index (χ2v) is 8.57. The smallest absolute Gasteiger partial charge is 0.253 e. The summed E-state index contributed by atoms with van der Waals surface area (Å²) in [6.07, 6.45) is 8.66. The van der Waals surface area contributed by atoms with E-state index in [9.17, 15) is 13.2 Å². The van der Waals surface area contributed by atoms with Crippen LogP contribution >= 0.6 is 12.4 Å². The molecule has 6 nitrogen and oxygen atoms in total. The minimum atomic E-state index is -3.43. The zero-order valence-electron chi connectivity index (χ0n) is 15.5. The van der Waals surface area contributed by atoms with Crippen LogP contribution in [0.1, 0.15) is 54.4 Å². The van der Waals surface area contributed by atoms with Gasteiger partial charge in [-0.1, -0.05) is 37.3 Å².